The number of hydrogen-bond acceptors (Lipinski definition) is 4. The summed E-state index contributed by atoms with van der Waals surface area (Å²) in [7, 11) is 3.82. The van der Waals surface area contributed by atoms with Crippen molar-refractivity contribution < 1.29 is 0 Å². The van der Waals surface area contributed by atoms with Crippen LogP contribution in [0.1, 0.15) is 11.5 Å². The summed E-state index contributed by atoms with van der Waals surface area (Å²) in [5.41, 5.74) is 2.89. The molecule has 0 radical (unpaired) electrons. The number of aromatic amines is 1. The van der Waals surface area contributed by atoms with Gasteiger partial charge in [0.2, 0.25) is 0 Å². The number of rotatable bonds is 2. The van der Waals surface area contributed by atoms with Crippen LogP contribution in [0.25, 0.3) is 11.2 Å². The largest absolute Gasteiger partial charge is 0.328 e. The number of nitrogens with zero attached hydrogens (tertiary/aromatic N) is 6. The van der Waals surface area contributed by atoms with E-state index >= 15 is 0 Å². The zero-order valence-corrected chi connectivity index (χ0v) is 11.2. The molecule has 0 amide bonds. The second-order valence-corrected chi connectivity index (χ2v) is 4.67. The zero-order chi connectivity index (χ0) is 12.9. The van der Waals surface area contributed by atoms with E-state index in [2.05, 4.69) is 20.3 Å². The molecule has 1 N–H and O–H groups in total. The first-order valence-corrected chi connectivity index (χ1v) is 5.93. The fourth-order valence-corrected chi connectivity index (χ4v) is 2.36. The third-order valence-electron chi connectivity index (χ3n) is 3.03. The van der Waals surface area contributed by atoms with Crippen LogP contribution in [0.15, 0.2) is 6.33 Å². The summed E-state index contributed by atoms with van der Waals surface area (Å²) in [4.78, 5) is 3.19. The van der Waals surface area contributed by atoms with Crippen molar-refractivity contribution in [3.63, 3.8) is 0 Å². The maximum Gasteiger partial charge on any atom is 0.179 e. The van der Waals surface area contributed by atoms with Crippen molar-refractivity contribution in [2.45, 2.75) is 13.5 Å². The molecular weight excluding hydrogens is 250 g/mol. The Morgan fingerprint density at radius 2 is 2.17 bits per heavy atom. The van der Waals surface area contributed by atoms with E-state index in [9.17, 15) is 0 Å². The van der Waals surface area contributed by atoms with E-state index in [1.807, 2.05) is 34.8 Å². The lowest BCUT2D eigenvalue weighted by Crippen LogP contribution is -2.08. The van der Waals surface area contributed by atoms with Crippen molar-refractivity contribution in [2.24, 2.45) is 14.1 Å². The Labute approximate surface area is 108 Å². The maximum absolute atomic E-state index is 5.35. The molecule has 18 heavy (non-hydrogen) atoms. The highest BCUT2D eigenvalue weighted by Gasteiger charge is 2.14. The molecule has 3 aromatic rings. The molecule has 3 aromatic heterocycles. The van der Waals surface area contributed by atoms with Crippen LogP contribution in [0.2, 0.25) is 0 Å². The fraction of sp³-hybridized carbons (Fsp3) is 0.400. The summed E-state index contributed by atoms with van der Waals surface area (Å²) in [5, 5.41) is 12.3. The summed E-state index contributed by atoms with van der Waals surface area (Å²) in [6, 6.07) is 0. The van der Waals surface area contributed by atoms with Crippen LogP contribution in [-0.4, -0.2) is 34.1 Å². The fourth-order valence-electron chi connectivity index (χ4n) is 2.11. The zero-order valence-electron chi connectivity index (χ0n) is 10.4. The number of fused-ring (bicyclic) bond motifs is 1. The molecule has 0 saturated heterocycles. The average Bonchev–Trinajstić information content (AvgIpc) is 2.92. The molecule has 3 heterocycles. The predicted molar refractivity (Wildman–Crippen MR) is 68.7 cm³/mol. The van der Waals surface area contributed by atoms with Crippen molar-refractivity contribution in [1.29, 1.82) is 0 Å². The first-order valence-electron chi connectivity index (χ1n) is 5.53. The third-order valence-corrected chi connectivity index (χ3v) is 3.35. The lowest BCUT2D eigenvalue weighted by Gasteiger charge is -2.04. The summed E-state index contributed by atoms with van der Waals surface area (Å²) < 4.78 is 6.36. The van der Waals surface area contributed by atoms with Gasteiger partial charge in [-0.15, -0.1) is 10.2 Å². The summed E-state index contributed by atoms with van der Waals surface area (Å²) in [6.45, 7) is 2.54. The molecule has 0 aliphatic heterocycles. The van der Waals surface area contributed by atoms with Crippen molar-refractivity contribution >= 4 is 23.4 Å². The Kier molecular flexibility index (Phi) is 2.34. The van der Waals surface area contributed by atoms with Gasteiger partial charge in [-0.3, -0.25) is 9.25 Å². The molecule has 0 saturated carbocycles. The Morgan fingerprint density at radius 3 is 2.83 bits per heavy atom. The molecule has 0 aromatic carbocycles. The second-order valence-electron chi connectivity index (χ2n) is 4.28. The third kappa shape index (κ3) is 1.49. The number of aromatic nitrogens is 7. The first-order chi connectivity index (χ1) is 8.58. The van der Waals surface area contributed by atoms with Crippen LogP contribution in [0.3, 0.4) is 0 Å². The molecule has 3 rings (SSSR count). The standard InChI is InChI=1S/C10H13N7S/c1-6-8-9(16(3)14-6)17(10(18)12-8)4-7-13-11-5-15(7)2/h5H,4H2,1-3H3,(H,12,18). The summed E-state index contributed by atoms with van der Waals surface area (Å²) >= 11 is 5.35. The number of hydrogen-bond donors (Lipinski definition) is 1. The molecule has 0 atom stereocenters. The smallest absolute Gasteiger partial charge is 0.179 e. The van der Waals surface area contributed by atoms with Gasteiger partial charge in [0.25, 0.3) is 0 Å². The first kappa shape index (κ1) is 11.1. The van der Waals surface area contributed by atoms with Gasteiger partial charge in [0.05, 0.1) is 12.2 Å². The molecule has 0 unspecified atom stereocenters. The van der Waals surface area contributed by atoms with Gasteiger partial charge < -0.3 is 9.55 Å². The van der Waals surface area contributed by atoms with Gasteiger partial charge in [-0.25, -0.2) is 0 Å². The Balaban J connectivity index is 2.20. The summed E-state index contributed by atoms with van der Waals surface area (Å²) in [5.74, 6) is 0.853. The monoisotopic (exact) mass is 263 g/mol. The Bertz CT molecular complexity index is 772. The molecule has 7 nitrogen and oxygen atoms in total. The van der Waals surface area contributed by atoms with E-state index in [0.29, 0.717) is 11.3 Å². The van der Waals surface area contributed by atoms with Crippen LogP contribution in [0.5, 0.6) is 0 Å². The lowest BCUT2D eigenvalue weighted by molar-refractivity contribution is 0.671. The minimum Gasteiger partial charge on any atom is -0.328 e. The van der Waals surface area contributed by atoms with E-state index in [4.69, 9.17) is 12.2 Å². The van der Waals surface area contributed by atoms with Crippen molar-refractivity contribution in [2.75, 3.05) is 0 Å². The van der Waals surface area contributed by atoms with Crippen molar-refractivity contribution in [3.05, 3.63) is 22.6 Å². The molecular formula is C10H13N7S. The molecule has 0 spiro atoms. The Morgan fingerprint density at radius 1 is 1.39 bits per heavy atom. The minimum absolute atomic E-state index is 0.578. The van der Waals surface area contributed by atoms with Crippen molar-refractivity contribution in [1.82, 2.24) is 34.1 Å². The molecule has 0 bridgehead atoms. The molecule has 0 aliphatic rings. The second kappa shape index (κ2) is 3.77. The highest BCUT2D eigenvalue weighted by atomic mass is 32.1. The minimum atomic E-state index is 0.578. The predicted octanol–water partition coefficient (Wildman–Crippen LogP) is 0.918. The maximum atomic E-state index is 5.35. The van der Waals surface area contributed by atoms with Crippen LogP contribution < -0.4 is 0 Å². The van der Waals surface area contributed by atoms with Crippen LogP contribution >= 0.6 is 12.2 Å². The molecule has 94 valence electrons. The Hall–Kier alpha value is -1.96. The van der Waals surface area contributed by atoms with Crippen LogP contribution in [0, 0.1) is 11.7 Å². The highest BCUT2D eigenvalue weighted by Crippen LogP contribution is 2.17. The van der Waals surface area contributed by atoms with Crippen LogP contribution in [0.4, 0.5) is 0 Å². The quantitative estimate of drug-likeness (QED) is 0.698. The normalized spacial score (nSPS) is 11.5. The molecule has 0 fully saturated rings. The van der Waals surface area contributed by atoms with Gasteiger partial charge in [-0.1, -0.05) is 0 Å². The van der Waals surface area contributed by atoms with Crippen molar-refractivity contribution in [3.8, 4) is 0 Å². The number of H-pyrrole nitrogens is 1. The lowest BCUT2D eigenvalue weighted by atomic mass is 10.4. The van der Waals surface area contributed by atoms with E-state index < -0.39 is 0 Å². The van der Waals surface area contributed by atoms with E-state index in [1.54, 1.807) is 6.33 Å². The number of aryl methyl sites for hydroxylation is 3. The average molecular weight is 263 g/mol. The SMILES string of the molecule is Cc1nn(C)c2c1[nH]c(=S)n2Cc1nncn1C. The molecule has 0 aliphatic carbocycles. The van der Waals surface area contributed by atoms with E-state index in [-0.39, 0.29) is 0 Å². The highest BCUT2D eigenvalue weighted by molar-refractivity contribution is 7.71. The van der Waals surface area contributed by atoms with Crippen LogP contribution in [-0.2, 0) is 20.6 Å². The van der Waals surface area contributed by atoms with Gasteiger partial charge in [0, 0.05) is 14.1 Å². The molecule has 8 heteroatoms. The van der Waals surface area contributed by atoms with Gasteiger partial charge in [-0.05, 0) is 19.1 Å². The van der Waals surface area contributed by atoms with Gasteiger partial charge >= 0.3 is 0 Å². The van der Waals surface area contributed by atoms with E-state index in [0.717, 1.165) is 22.7 Å². The van der Waals surface area contributed by atoms with Gasteiger partial charge in [0.15, 0.2) is 16.2 Å². The number of nitrogens with one attached hydrogen (secondary N) is 1. The van der Waals surface area contributed by atoms with Gasteiger partial charge in [-0.2, -0.15) is 5.10 Å². The topological polar surface area (TPSA) is 69.2 Å². The van der Waals surface area contributed by atoms with Gasteiger partial charge in [0.1, 0.15) is 11.8 Å². The van der Waals surface area contributed by atoms with E-state index in [1.165, 1.54) is 0 Å². The summed E-state index contributed by atoms with van der Waals surface area (Å²) in [6.07, 6.45) is 1.68. The number of imidazole rings is 1.